The number of carbonyl (C=O) groups excluding carboxylic acids is 2. The molecule has 0 bridgehead atoms. The van der Waals surface area contributed by atoms with Crippen LogP contribution in [-0.4, -0.2) is 73.0 Å². The van der Waals surface area contributed by atoms with Gasteiger partial charge in [0.2, 0.25) is 12.3 Å². The Morgan fingerprint density at radius 1 is 1.05 bits per heavy atom. The average Bonchev–Trinajstić information content (AvgIpc) is 2.96. The minimum atomic E-state index is -0.537. The van der Waals surface area contributed by atoms with Gasteiger partial charge in [-0.2, -0.15) is 0 Å². The highest BCUT2D eigenvalue weighted by molar-refractivity contribution is 5.91. The number of rotatable bonds is 11. The van der Waals surface area contributed by atoms with Crippen LogP contribution in [0.15, 0.2) is 72.9 Å². The summed E-state index contributed by atoms with van der Waals surface area (Å²) in [6.07, 6.45) is 7.70. The standard InChI is InChI=1S/C25H32N4O3.C6H4F2/c1-2-22-9-8-21(18-23(22)19-25(31)27-24-7-3-4-10-26-24)6-5-11-29(20-30)13-12-28-14-16-32-17-15-28;7-5-2-1-3-6(8)4-5/h3-10,18,20H,2,11-17,19H2,1H3,(H,26,27,31);1-4H/b6-5+;. The largest absolute Gasteiger partial charge is 0.379 e. The normalized spacial score (nSPS) is 13.4. The number of carbonyl (C=O) groups is 2. The van der Waals surface area contributed by atoms with Crippen molar-refractivity contribution in [1.29, 1.82) is 0 Å². The molecule has 1 aromatic heterocycles. The monoisotopic (exact) mass is 550 g/mol. The van der Waals surface area contributed by atoms with Crippen molar-refractivity contribution in [2.75, 3.05) is 51.3 Å². The number of hydrogen-bond donors (Lipinski definition) is 1. The zero-order chi connectivity index (χ0) is 28.6. The summed E-state index contributed by atoms with van der Waals surface area (Å²) in [6, 6.07) is 16.1. The summed E-state index contributed by atoms with van der Waals surface area (Å²) in [5, 5.41) is 2.84. The van der Waals surface area contributed by atoms with Crippen molar-refractivity contribution in [3.05, 3.63) is 101 Å². The number of aromatic nitrogens is 1. The van der Waals surface area contributed by atoms with Gasteiger partial charge in [-0.3, -0.25) is 14.5 Å². The predicted octanol–water partition coefficient (Wildman–Crippen LogP) is 4.59. The van der Waals surface area contributed by atoms with E-state index >= 15 is 0 Å². The topological polar surface area (TPSA) is 74.8 Å². The quantitative estimate of drug-likeness (QED) is 0.354. The van der Waals surface area contributed by atoms with Crippen LogP contribution in [0.4, 0.5) is 14.6 Å². The molecular formula is C31H36F2N4O3. The molecule has 1 aliphatic rings. The first-order chi connectivity index (χ1) is 19.5. The van der Waals surface area contributed by atoms with Crippen LogP contribution in [0.1, 0.15) is 23.6 Å². The lowest BCUT2D eigenvalue weighted by molar-refractivity contribution is -0.118. The van der Waals surface area contributed by atoms with Crippen LogP contribution in [0.25, 0.3) is 6.08 Å². The van der Waals surface area contributed by atoms with Gasteiger partial charge in [-0.1, -0.05) is 49.4 Å². The highest BCUT2D eigenvalue weighted by Gasteiger charge is 2.11. The number of morpholine rings is 1. The lowest BCUT2D eigenvalue weighted by atomic mass is 9.99. The van der Waals surface area contributed by atoms with Gasteiger partial charge >= 0.3 is 0 Å². The second-order valence-corrected chi connectivity index (χ2v) is 9.22. The number of benzene rings is 2. The Balaban J connectivity index is 0.000000472. The molecule has 212 valence electrons. The van der Waals surface area contributed by atoms with Crippen LogP contribution in [0.5, 0.6) is 0 Å². The van der Waals surface area contributed by atoms with Gasteiger partial charge in [-0.15, -0.1) is 0 Å². The second-order valence-electron chi connectivity index (χ2n) is 9.22. The summed E-state index contributed by atoms with van der Waals surface area (Å²) in [7, 11) is 0. The smallest absolute Gasteiger partial charge is 0.229 e. The predicted molar refractivity (Wildman–Crippen MR) is 153 cm³/mol. The van der Waals surface area contributed by atoms with E-state index in [0.717, 1.165) is 68.4 Å². The van der Waals surface area contributed by atoms with Crippen molar-refractivity contribution in [2.45, 2.75) is 19.8 Å². The molecule has 9 heteroatoms. The number of amides is 2. The van der Waals surface area contributed by atoms with Crippen LogP contribution >= 0.6 is 0 Å². The van der Waals surface area contributed by atoms with Gasteiger partial charge in [-0.05, 0) is 47.4 Å². The van der Waals surface area contributed by atoms with Crippen LogP contribution in [0.2, 0.25) is 0 Å². The average molecular weight is 551 g/mol. The SMILES string of the molecule is CCc1ccc(/C=C/CN(C=O)CCN2CCOCC2)cc1CC(=O)Nc1ccccn1.Fc1cccc(F)c1. The summed E-state index contributed by atoms with van der Waals surface area (Å²) in [6.45, 7) is 7.55. The van der Waals surface area contributed by atoms with E-state index in [2.05, 4.69) is 34.3 Å². The maximum Gasteiger partial charge on any atom is 0.229 e. The van der Waals surface area contributed by atoms with Crippen molar-refractivity contribution < 1.29 is 23.1 Å². The van der Waals surface area contributed by atoms with Crippen LogP contribution in [0.3, 0.4) is 0 Å². The molecule has 4 rings (SSSR count). The first-order valence-electron chi connectivity index (χ1n) is 13.4. The van der Waals surface area contributed by atoms with Gasteiger partial charge < -0.3 is 15.0 Å². The number of pyridine rings is 1. The molecule has 3 aromatic rings. The Bertz CT molecular complexity index is 1220. The summed E-state index contributed by atoms with van der Waals surface area (Å²) in [5.41, 5.74) is 3.17. The van der Waals surface area contributed by atoms with Gasteiger partial charge in [0.05, 0.1) is 19.6 Å². The van der Waals surface area contributed by atoms with Gasteiger partial charge in [0.15, 0.2) is 0 Å². The number of nitrogens with zero attached hydrogens (tertiary/aromatic N) is 3. The summed E-state index contributed by atoms with van der Waals surface area (Å²) < 4.78 is 29.2. The van der Waals surface area contributed by atoms with E-state index in [0.29, 0.717) is 25.3 Å². The van der Waals surface area contributed by atoms with Crippen molar-refractivity contribution in [2.24, 2.45) is 0 Å². The minimum absolute atomic E-state index is 0.0882. The number of anilines is 1. The van der Waals surface area contributed by atoms with E-state index in [9.17, 15) is 18.4 Å². The van der Waals surface area contributed by atoms with Gasteiger partial charge in [-0.25, -0.2) is 13.8 Å². The Morgan fingerprint density at radius 3 is 2.45 bits per heavy atom. The molecule has 0 saturated carbocycles. The molecule has 1 fully saturated rings. The van der Waals surface area contributed by atoms with E-state index in [4.69, 9.17) is 4.74 Å². The summed E-state index contributed by atoms with van der Waals surface area (Å²) in [4.78, 5) is 32.1. The van der Waals surface area contributed by atoms with E-state index in [1.54, 1.807) is 17.2 Å². The zero-order valence-corrected chi connectivity index (χ0v) is 22.8. The van der Waals surface area contributed by atoms with Crippen LogP contribution in [0, 0.1) is 11.6 Å². The first-order valence-corrected chi connectivity index (χ1v) is 13.4. The molecule has 0 aliphatic carbocycles. The minimum Gasteiger partial charge on any atom is -0.379 e. The third-order valence-electron chi connectivity index (χ3n) is 6.29. The first kappa shape index (κ1) is 30.6. The molecule has 7 nitrogen and oxygen atoms in total. The fraction of sp³-hybridized carbons (Fsp3) is 0.323. The van der Waals surface area contributed by atoms with E-state index in [1.807, 2.05) is 30.4 Å². The number of ether oxygens (including phenoxy) is 1. The Morgan fingerprint density at radius 2 is 1.82 bits per heavy atom. The number of halogens is 2. The Hall–Kier alpha value is -3.95. The lowest BCUT2D eigenvalue weighted by Crippen LogP contribution is -2.41. The summed E-state index contributed by atoms with van der Waals surface area (Å²) in [5.74, 6) is -0.609. The number of nitrogens with one attached hydrogen (secondary N) is 1. The molecule has 1 saturated heterocycles. The fourth-order valence-electron chi connectivity index (χ4n) is 4.12. The third kappa shape index (κ3) is 11.0. The fourth-order valence-corrected chi connectivity index (χ4v) is 4.12. The highest BCUT2D eigenvalue weighted by Crippen LogP contribution is 2.16. The maximum atomic E-state index is 12.5. The molecule has 2 aromatic carbocycles. The molecular weight excluding hydrogens is 514 g/mol. The molecule has 0 radical (unpaired) electrons. The van der Waals surface area contributed by atoms with Gasteiger partial charge in [0.25, 0.3) is 0 Å². The van der Waals surface area contributed by atoms with E-state index < -0.39 is 11.6 Å². The number of hydrogen-bond acceptors (Lipinski definition) is 5. The molecule has 40 heavy (non-hydrogen) atoms. The Labute approximate surface area is 234 Å². The van der Waals surface area contributed by atoms with Crippen molar-refractivity contribution in [3.63, 3.8) is 0 Å². The van der Waals surface area contributed by atoms with Crippen LogP contribution < -0.4 is 5.32 Å². The van der Waals surface area contributed by atoms with Gasteiger partial charge in [0.1, 0.15) is 17.5 Å². The van der Waals surface area contributed by atoms with Crippen LogP contribution in [-0.2, 0) is 27.2 Å². The van der Waals surface area contributed by atoms with Gasteiger partial charge in [0, 0.05) is 45.0 Å². The Kier molecular flexibility index (Phi) is 12.9. The zero-order valence-electron chi connectivity index (χ0n) is 22.8. The molecule has 0 atom stereocenters. The molecule has 1 aliphatic heterocycles. The number of aryl methyl sites for hydroxylation is 1. The van der Waals surface area contributed by atoms with E-state index in [-0.39, 0.29) is 5.91 Å². The maximum absolute atomic E-state index is 12.5. The third-order valence-corrected chi connectivity index (χ3v) is 6.29. The van der Waals surface area contributed by atoms with Crippen molar-refractivity contribution in [1.82, 2.24) is 14.8 Å². The van der Waals surface area contributed by atoms with Crippen molar-refractivity contribution >= 4 is 24.2 Å². The molecule has 2 heterocycles. The highest BCUT2D eigenvalue weighted by atomic mass is 19.1. The summed E-state index contributed by atoms with van der Waals surface area (Å²) >= 11 is 0. The van der Waals surface area contributed by atoms with Crippen molar-refractivity contribution in [3.8, 4) is 0 Å². The van der Waals surface area contributed by atoms with E-state index in [1.165, 1.54) is 18.2 Å². The molecule has 0 unspecified atom stereocenters. The lowest BCUT2D eigenvalue weighted by Gasteiger charge is -2.28. The molecule has 2 amide bonds. The molecule has 0 spiro atoms. The second kappa shape index (κ2) is 16.9. The molecule has 1 N–H and O–H groups in total.